The fraction of sp³-hybridized carbons (Fsp3) is 0. The molecule has 6 aromatic carbocycles. The van der Waals surface area contributed by atoms with Crippen LogP contribution in [0.5, 0.6) is 0 Å². The van der Waals surface area contributed by atoms with Crippen molar-refractivity contribution in [1.82, 2.24) is 9.13 Å². The minimum Gasteiger partial charge on any atom is -0.310 e. The largest absolute Gasteiger partial charge is 0.310 e. The lowest BCUT2D eigenvalue weighted by Crippen LogP contribution is -1.94. The van der Waals surface area contributed by atoms with Crippen LogP contribution in [0, 0.1) is 17.9 Å². The van der Waals surface area contributed by atoms with Gasteiger partial charge in [0.2, 0.25) is 5.69 Å². The van der Waals surface area contributed by atoms with Crippen molar-refractivity contribution in [2.45, 2.75) is 0 Å². The highest BCUT2D eigenvalue weighted by Crippen LogP contribution is 2.41. The quantitative estimate of drug-likeness (QED) is 0.208. The Hall–Kier alpha value is -6.10. The first kappa shape index (κ1) is 23.8. The van der Waals surface area contributed by atoms with Gasteiger partial charge in [-0.3, -0.25) is 0 Å². The van der Waals surface area contributed by atoms with E-state index in [0.717, 1.165) is 44.3 Å². The molecule has 0 fully saturated rings. The summed E-state index contributed by atoms with van der Waals surface area (Å²) in [5.41, 5.74) is 9.47. The molecule has 0 aliphatic rings. The number of aromatic nitrogens is 2. The maximum atomic E-state index is 9.51. The molecule has 2 aromatic heterocycles. The summed E-state index contributed by atoms with van der Waals surface area (Å²) in [5, 5.41) is 14.2. The molecule has 2 heterocycles. The highest BCUT2D eigenvalue weighted by Gasteiger charge is 2.18. The number of hydrogen-bond acceptors (Lipinski definition) is 1. The van der Waals surface area contributed by atoms with Crippen molar-refractivity contribution in [2.24, 2.45) is 0 Å². The van der Waals surface area contributed by atoms with Gasteiger partial charge in [0, 0.05) is 32.9 Å². The number of nitrogens with zero attached hydrogens (tertiary/aromatic N) is 4. The van der Waals surface area contributed by atoms with Crippen molar-refractivity contribution in [1.29, 1.82) is 5.26 Å². The van der Waals surface area contributed by atoms with E-state index < -0.39 is 0 Å². The van der Waals surface area contributed by atoms with Crippen LogP contribution < -0.4 is 0 Å². The fourth-order valence-corrected chi connectivity index (χ4v) is 6.38. The van der Waals surface area contributed by atoms with Crippen LogP contribution in [0.2, 0.25) is 0 Å². The van der Waals surface area contributed by atoms with E-state index in [1.165, 1.54) is 21.9 Å². The molecule has 0 aliphatic carbocycles. The van der Waals surface area contributed by atoms with Gasteiger partial charge in [-0.05, 0) is 59.7 Å². The Labute approximate surface area is 242 Å². The van der Waals surface area contributed by atoms with E-state index in [1.54, 1.807) is 6.07 Å². The van der Waals surface area contributed by atoms with Gasteiger partial charge in [-0.25, -0.2) is 4.85 Å². The number of nitriles is 1. The van der Waals surface area contributed by atoms with E-state index in [1.807, 2.05) is 24.3 Å². The van der Waals surface area contributed by atoms with Crippen LogP contribution in [0.25, 0.3) is 71.0 Å². The van der Waals surface area contributed by atoms with E-state index in [4.69, 9.17) is 6.57 Å². The molecule has 0 saturated heterocycles. The van der Waals surface area contributed by atoms with Gasteiger partial charge in [0.15, 0.2) is 0 Å². The second kappa shape index (κ2) is 9.24. The van der Waals surface area contributed by atoms with E-state index in [2.05, 4.69) is 123 Å². The van der Waals surface area contributed by atoms with Gasteiger partial charge in [0.1, 0.15) is 0 Å². The predicted octanol–water partition coefficient (Wildman–Crippen LogP) is 9.97. The van der Waals surface area contributed by atoms with Crippen LogP contribution >= 0.6 is 0 Å². The minimum atomic E-state index is 0.357. The summed E-state index contributed by atoms with van der Waals surface area (Å²) < 4.78 is 4.55. The molecule has 194 valence electrons. The first-order valence-electron chi connectivity index (χ1n) is 13.8. The third-order valence-electron chi connectivity index (χ3n) is 8.18. The molecule has 0 radical (unpaired) electrons. The third kappa shape index (κ3) is 3.40. The normalized spacial score (nSPS) is 11.3. The van der Waals surface area contributed by atoms with Gasteiger partial charge in [-0.2, -0.15) is 5.26 Å². The zero-order valence-electron chi connectivity index (χ0n) is 22.5. The summed E-state index contributed by atoms with van der Waals surface area (Å²) in [6.07, 6.45) is 0. The Bertz CT molecular complexity index is 2430. The molecule has 0 aliphatic heterocycles. The van der Waals surface area contributed by atoms with E-state index in [9.17, 15) is 5.26 Å². The Morgan fingerprint density at radius 2 is 1.21 bits per heavy atom. The predicted molar refractivity (Wildman–Crippen MR) is 172 cm³/mol. The molecule has 0 unspecified atom stereocenters. The molecule has 0 spiro atoms. The van der Waals surface area contributed by atoms with Crippen molar-refractivity contribution in [2.75, 3.05) is 0 Å². The van der Waals surface area contributed by atoms with E-state index >= 15 is 0 Å². The Balaban J connectivity index is 1.44. The van der Waals surface area contributed by atoms with Crippen LogP contribution in [0.3, 0.4) is 0 Å². The number of hydrogen-bond donors (Lipinski definition) is 0. The van der Waals surface area contributed by atoms with Crippen LogP contribution in [0.15, 0.2) is 133 Å². The minimum absolute atomic E-state index is 0.357. The first-order chi connectivity index (χ1) is 20.8. The summed E-state index contributed by atoms with van der Waals surface area (Å²) in [4.78, 5) is 3.64. The summed E-state index contributed by atoms with van der Waals surface area (Å²) >= 11 is 0. The van der Waals surface area contributed by atoms with Crippen LogP contribution in [0.4, 0.5) is 5.69 Å². The smallest absolute Gasteiger partial charge is 0.206 e. The number of para-hydroxylation sites is 3. The SMILES string of the molecule is [C-]#[N+]c1cc(-n2c3ccccc3c3ccc(-c4cccc5c4c4ccccc4n5-c4ccccc4)cc32)ccc1C#N. The number of rotatable bonds is 3. The molecule has 0 bridgehead atoms. The van der Waals surface area contributed by atoms with Crippen LogP contribution in [-0.4, -0.2) is 9.13 Å². The topological polar surface area (TPSA) is 38.0 Å². The standard InChI is InChI=1S/C38H22N4/c1-40-33-23-28(20-18-26(33)24-39)42-34-15-7-5-12-30(34)31-21-19-25(22-37(31)42)29-14-9-17-36-38(29)32-13-6-8-16-35(32)41(36)27-10-3-2-4-11-27/h2-23H. The fourth-order valence-electron chi connectivity index (χ4n) is 6.38. The summed E-state index contributed by atoms with van der Waals surface area (Å²) in [5.74, 6) is 0. The lowest BCUT2D eigenvalue weighted by molar-refractivity contribution is 1.18. The highest BCUT2D eigenvalue weighted by molar-refractivity contribution is 6.17. The van der Waals surface area contributed by atoms with Gasteiger partial charge in [-0.1, -0.05) is 84.9 Å². The number of benzene rings is 6. The molecule has 0 amide bonds. The monoisotopic (exact) mass is 534 g/mol. The van der Waals surface area contributed by atoms with Gasteiger partial charge < -0.3 is 9.13 Å². The molecule has 4 nitrogen and oxygen atoms in total. The first-order valence-corrected chi connectivity index (χ1v) is 13.8. The second-order valence-electron chi connectivity index (χ2n) is 10.4. The Morgan fingerprint density at radius 3 is 2.00 bits per heavy atom. The average Bonchev–Trinajstić information content (AvgIpc) is 3.57. The molecule has 8 aromatic rings. The van der Waals surface area contributed by atoms with Crippen molar-refractivity contribution in [3.63, 3.8) is 0 Å². The van der Waals surface area contributed by atoms with E-state index in [-0.39, 0.29) is 0 Å². The summed E-state index contributed by atoms with van der Waals surface area (Å²) in [7, 11) is 0. The maximum absolute atomic E-state index is 9.51. The average molecular weight is 535 g/mol. The maximum Gasteiger partial charge on any atom is 0.206 e. The molecule has 4 heteroatoms. The van der Waals surface area contributed by atoms with Gasteiger partial charge in [-0.15, -0.1) is 0 Å². The number of fused-ring (bicyclic) bond motifs is 6. The van der Waals surface area contributed by atoms with Gasteiger partial charge in [0.25, 0.3) is 0 Å². The van der Waals surface area contributed by atoms with Crippen molar-refractivity contribution in [3.05, 3.63) is 150 Å². The third-order valence-corrected chi connectivity index (χ3v) is 8.18. The molecular formula is C38H22N4. The summed E-state index contributed by atoms with van der Waals surface area (Å²) in [6.45, 7) is 7.65. The van der Waals surface area contributed by atoms with Crippen molar-refractivity contribution < 1.29 is 0 Å². The van der Waals surface area contributed by atoms with Gasteiger partial charge in [0.05, 0.1) is 40.3 Å². The van der Waals surface area contributed by atoms with Crippen LogP contribution in [-0.2, 0) is 0 Å². The second-order valence-corrected chi connectivity index (χ2v) is 10.4. The Kier molecular flexibility index (Phi) is 5.22. The van der Waals surface area contributed by atoms with Crippen molar-refractivity contribution in [3.8, 4) is 28.6 Å². The molecule has 0 saturated carbocycles. The molecular weight excluding hydrogens is 512 g/mol. The highest BCUT2D eigenvalue weighted by atomic mass is 15.0. The molecule has 42 heavy (non-hydrogen) atoms. The molecule has 8 rings (SSSR count). The zero-order valence-corrected chi connectivity index (χ0v) is 22.5. The lowest BCUT2D eigenvalue weighted by Gasteiger charge is -2.11. The van der Waals surface area contributed by atoms with Crippen molar-refractivity contribution >= 4 is 49.3 Å². The summed E-state index contributed by atoms with van der Waals surface area (Å²) in [6, 6.07) is 48.3. The van der Waals surface area contributed by atoms with Gasteiger partial charge >= 0.3 is 0 Å². The Morgan fingerprint density at radius 1 is 0.548 bits per heavy atom. The van der Waals surface area contributed by atoms with E-state index in [0.29, 0.717) is 11.3 Å². The molecule has 0 N–H and O–H groups in total. The van der Waals surface area contributed by atoms with Crippen LogP contribution in [0.1, 0.15) is 5.56 Å². The lowest BCUT2D eigenvalue weighted by atomic mass is 9.98. The molecule has 0 atom stereocenters. The zero-order chi connectivity index (χ0) is 28.2.